The van der Waals surface area contributed by atoms with Gasteiger partial charge >= 0.3 is 0 Å². The summed E-state index contributed by atoms with van der Waals surface area (Å²) < 4.78 is 0. The van der Waals surface area contributed by atoms with Crippen LogP contribution in [0.4, 0.5) is 5.82 Å². The molecule has 7 nitrogen and oxygen atoms in total. The molecule has 3 heterocycles. The maximum Gasteiger partial charge on any atom is 0.251 e. The van der Waals surface area contributed by atoms with Gasteiger partial charge in [-0.15, -0.1) is 0 Å². The number of rotatable bonds is 7. The molecule has 0 atom stereocenters. The Bertz CT molecular complexity index is 1100. The lowest BCUT2D eigenvalue weighted by atomic mass is 10.1. The van der Waals surface area contributed by atoms with Crippen molar-refractivity contribution in [1.82, 2.24) is 25.2 Å². The molecule has 1 aliphatic heterocycles. The van der Waals surface area contributed by atoms with Crippen LogP contribution in [0.5, 0.6) is 0 Å². The van der Waals surface area contributed by atoms with Crippen LogP contribution in [0.25, 0.3) is 0 Å². The van der Waals surface area contributed by atoms with Gasteiger partial charge in [0.2, 0.25) is 0 Å². The number of pyridine rings is 1. The van der Waals surface area contributed by atoms with Crippen LogP contribution >= 0.6 is 11.8 Å². The second-order valence-electron chi connectivity index (χ2n) is 8.36. The Morgan fingerprint density at radius 1 is 1.06 bits per heavy atom. The van der Waals surface area contributed by atoms with E-state index in [0.29, 0.717) is 17.9 Å². The van der Waals surface area contributed by atoms with Gasteiger partial charge in [-0.1, -0.05) is 30.0 Å². The Labute approximate surface area is 199 Å². The lowest BCUT2D eigenvalue weighted by Crippen LogP contribution is -2.45. The molecule has 33 heavy (non-hydrogen) atoms. The number of hydrogen-bond acceptors (Lipinski definition) is 7. The smallest absolute Gasteiger partial charge is 0.251 e. The third-order valence-electron chi connectivity index (χ3n) is 5.88. The molecule has 4 rings (SSSR count). The van der Waals surface area contributed by atoms with Gasteiger partial charge in [0.05, 0.1) is 0 Å². The van der Waals surface area contributed by atoms with E-state index in [9.17, 15) is 4.79 Å². The van der Waals surface area contributed by atoms with E-state index >= 15 is 0 Å². The van der Waals surface area contributed by atoms with Crippen molar-refractivity contribution in [2.45, 2.75) is 31.3 Å². The number of likely N-dealkylation sites (N-methyl/N-ethyl adjacent to an activating group) is 1. The predicted molar refractivity (Wildman–Crippen MR) is 133 cm³/mol. The van der Waals surface area contributed by atoms with Gasteiger partial charge in [0.25, 0.3) is 5.91 Å². The van der Waals surface area contributed by atoms with Crippen molar-refractivity contribution in [2.75, 3.05) is 38.1 Å². The summed E-state index contributed by atoms with van der Waals surface area (Å²) in [6.45, 7) is 8.65. The second kappa shape index (κ2) is 10.8. The fraction of sp³-hybridized carbons (Fsp3) is 0.360. The Morgan fingerprint density at radius 3 is 2.61 bits per heavy atom. The van der Waals surface area contributed by atoms with Crippen LogP contribution in [-0.2, 0) is 12.3 Å². The van der Waals surface area contributed by atoms with E-state index < -0.39 is 0 Å². The first-order valence-electron chi connectivity index (χ1n) is 11.2. The van der Waals surface area contributed by atoms with Crippen molar-refractivity contribution in [1.29, 1.82) is 0 Å². The lowest BCUT2D eigenvalue weighted by Gasteiger charge is -2.34. The maximum atomic E-state index is 12.6. The van der Waals surface area contributed by atoms with Crippen LogP contribution in [0.3, 0.4) is 0 Å². The molecule has 1 aliphatic rings. The second-order valence-corrected chi connectivity index (χ2v) is 9.31. The molecule has 3 aromatic rings. The van der Waals surface area contributed by atoms with Crippen molar-refractivity contribution >= 4 is 23.5 Å². The highest BCUT2D eigenvalue weighted by Crippen LogP contribution is 2.27. The number of nitrogens with one attached hydrogen (secondary N) is 1. The van der Waals surface area contributed by atoms with E-state index in [1.165, 1.54) is 0 Å². The minimum Gasteiger partial charge on any atom is -0.354 e. The van der Waals surface area contributed by atoms with Gasteiger partial charge in [0, 0.05) is 67.7 Å². The number of benzene rings is 1. The van der Waals surface area contributed by atoms with Crippen molar-refractivity contribution in [3.63, 3.8) is 0 Å². The predicted octanol–water partition coefficient (Wildman–Crippen LogP) is 3.46. The van der Waals surface area contributed by atoms with Gasteiger partial charge in [-0.2, -0.15) is 0 Å². The van der Waals surface area contributed by atoms with Crippen LogP contribution in [0.2, 0.25) is 0 Å². The Balaban J connectivity index is 1.40. The number of amides is 1. The first kappa shape index (κ1) is 23.2. The summed E-state index contributed by atoms with van der Waals surface area (Å²) in [7, 11) is 2.16. The molecule has 172 valence electrons. The molecule has 1 fully saturated rings. The number of hydrogen-bond donors (Lipinski definition) is 1. The number of aromatic nitrogens is 3. The first-order valence-corrected chi connectivity index (χ1v) is 12.2. The van der Waals surface area contributed by atoms with Gasteiger partial charge in [0.1, 0.15) is 5.82 Å². The molecule has 1 N–H and O–H groups in total. The fourth-order valence-electron chi connectivity index (χ4n) is 3.72. The molecule has 1 saturated heterocycles. The maximum absolute atomic E-state index is 12.6. The average molecular weight is 463 g/mol. The zero-order valence-corrected chi connectivity index (χ0v) is 20.2. The number of piperazine rings is 1. The molecule has 1 aromatic carbocycles. The summed E-state index contributed by atoms with van der Waals surface area (Å²) in [4.78, 5) is 31.0. The number of anilines is 1. The Morgan fingerprint density at radius 2 is 1.85 bits per heavy atom. The summed E-state index contributed by atoms with van der Waals surface area (Å²) in [6, 6.07) is 11.5. The molecule has 0 saturated carbocycles. The lowest BCUT2D eigenvalue weighted by molar-refractivity contribution is 0.0951. The Kier molecular flexibility index (Phi) is 7.57. The highest BCUT2D eigenvalue weighted by molar-refractivity contribution is 7.98. The first-order chi connectivity index (χ1) is 16.0. The van der Waals surface area contributed by atoms with Crippen molar-refractivity contribution in [2.24, 2.45) is 0 Å². The summed E-state index contributed by atoms with van der Waals surface area (Å²) in [5, 5.41) is 3.73. The normalized spacial score (nSPS) is 14.3. The van der Waals surface area contributed by atoms with Gasteiger partial charge in [0.15, 0.2) is 5.16 Å². The molecule has 0 bridgehead atoms. The molecule has 0 aliphatic carbocycles. The van der Waals surface area contributed by atoms with E-state index in [1.54, 1.807) is 24.2 Å². The minimum absolute atomic E-state index is 0.0921. The molecule has 0 spiro atoms. The zero-order valence-electron chi connectivity index (χ0n) is 19.4. The standard InChI is InChI=1S/C25H30N6OS/c1-18-19(2)28-25(29-23(18)31-12-10-30(3)11-13-31)33-17-20-6-4-8-22(14-20)24(32)27-16-21-7-5-9-26-15-21/h4-9,14-15H,10-13,16-17H2,1-3H3,(H,27,32). The number of carbonyl (C=O) groups excluding carboxylic acids is 1. The van der Waals surface area contributed by atoms with Crippen LogP contribution in [0.15, 0.2) is 53.9 Å². The molecular weight excluding hydrogens is 432 g/mol. The monoisotopic (exact) mass is 462 g/mol. The average Bonchev–Trinajstić information content (AvgIpc) is 2.84. The van der Waals surface area contributed by atoms with E-state index in [4.69, 9.17) is 9.97 Å². The summed E-state index contributed by atoms with van der Waals surface area (Å²) in [5.41, 5.74) is 4.86. The van der Waals surface area contributed by atoms with Gasteiger partial charge in [-0.3, -0.25) is 9.78 Å². The highest BCUT2D eigenvalue weighted by Gasteiger charge is 2.19. The number of aryl methyl sites for hydroxylation is 1. The van der Waals surface area contributed by atoms with E-state index in [2.05, 4.69) is 34.1 Å². The molecule has 1 amide bonds. The summed E-state index contributed by atoms with van der Waals surface area (Å²) in [6.07, 6.45) is 3.48. The largest absolute Gasteiger partial charge is 0.354 e. The van der Waals surface area contributed by atoms with Crippen LogP contribution in [0.1, 0.15) is 32.7 Å². The molecule has 0 unspecified atom stereocenters. The van der Waals surface area contributed by atoms with E-state index in [0.717, 1.165) is 59.5 Å². The van der Waals surface area contributed by atoms with Gasteiger partial charge < -0.3 is 15.1 Å². The third kappa shape index (κ3) is 6.09. The van der Waals surface area contributed by atoms with E-state index in [-0.39, 0.29) is 5.91 Å². The van der Waals surface area contributed by atoms with E-state index in [1.807, 2.05) is 43.3 Å². The quantitative estimate of drug-likeness (QED) is 0.426. The zero-order chi connectivity index (χ0) is 23.2. The molecule has 0 radical (unpaired) electrons. The summed E-state index contributed by atoms with van der Waals surface area (Å²) >= 11 is 1.61. The SMILES string of the molecule is Cc1nc(SCc2cccc(C(=O)NCc3cccnc3)c2)nc(N2CCN(C)CC2)c1C. The minimum atomic E-state index is -0.0921. The summed E-state index contributed by atoms with van der Waals surface area (Å²) in [5.74, 6) is 1.65. The number of nitrogens with zero attached hydrogens (tertiary/aromatic N) is 5. The molecule has 2 aromatic heterocycles. The van der Waals surface area contributed by atoms with Gasteiger partial charge in [-0.05, 0) is 50.2 Å². The Hall–Kier alpha value is -2.97. The number of carbonyl (C=O) groups is 1. The van der Waals surface area contributed by atoms with Crippen molar-refractivity contribution in [3.8, 4) is 0 Å². The number of thioether (sulfide) groups is 1. The topological polar surface area (TPSA) is 74.2 Å². The molecular formula is C25H30N6OS. The van der Waals surface area contributed by atoms with Crippen LogP contribution in [0, 0.1) is 13.8 Å². The van der Waals surface area contributed by atoms with Crippen LogP contribution < -0.4 is 10.2 Å². The fourth-order valence-corrected chi connectivity index (χ4v) is 4.54. The molecule has 8 heteroatoms. The van der Waals surface area contributed by atoms with Crippen LogP contribution in [-0.4, -0.2) is 59.0 Å². The van der Waals surface area contributed by atoms with Crippen molar-refractivity contribution < 1.29 is 4.79 Å². The third-order valence-corrected chi connectivity index (χ3v) is 6.80. The van der Waals surface area contributed by atoms with Crippen molar-refractivity contribution in [3.05, 3.63) is 76.7 Å². The highest BCUT2D eigenvalue weighted by atomic mass is 32.2. The van der Waals surface area contributed by atoms with Gasteiger partial charge in [-0.25, -0.2) is 9.97 Å².